The van der Waals surface area contributed by atoms with Gasteiger partial charge in [0, 0.05) is 17.5 Å². The van der Waals surface area contributed by atoms with Crippen LogP contribution in [0.25, 0.3) is 0 Å². The maximum absolute atomic E-state index is 12.2. The first-order valence-electron chi connectivity index (χ1n) is 4.08. The van der Waals surface area contributed by atoms with E-state index in [0.717, 1.165) is 11.4 Å². The Morgan fingerprint density at radius 3 is 3.00 bits per heavy atom. The van der Waals surface area contributed by atoms with E-state index in [2.05, 4.69) is 4.98 Å². The number of allylic oxidation sites excluding steroid dienone is 4. The molecule has 1 rings (SSSR count). The van der Waals surface area contributed by atoms with Crippen molar-refractivity contribution in [3.63, 3.8) is 0 Å². The van der Waals surface area contributed by atoms with Crippen molar-refractivity contribution in [1.29, 1.82) is 0 Å². The average molecular weight is 197 g/mol. The molecule has 0 N–H and O–H groups in total. The van der Waals surface area contributed by atoms with Crippen LogP contribution in [-0.2, 0) is 6.42 Å². The molecule has 13 heavy (non-hydrogen) atoms. The maximum Gasteiger partial charge on any atom is 0.0968 e. The summed E-state index contributed by atoms with van der Waals surface area (Å²) in [6.07, 6.45) is 7.79. The summed E-state index contributed by atoms with van der Waals surface area (Å²) in [5.74, 6) is -0.170. The third-order valence-electron chi connectivity index (χ3n) is 1.45. The molecule has 70 valence electrons. The Balaban J connectivity index is 2.43. The van der Waals surface area contributed by atoms with E-state index in [-0.39, 0.29) is 5.83 Å². The Morgan fingerprint density at radius 1 is 1.69 bits per heavy atom. The van der Waals surface area contributed by atoms with Crippen LogP contribution in [-0.4, -0.2) is 4.98 Å². The summed E-state index contributed by atoms with van der Waals surface area (Å²) in [6, 6.07) is 0. The van der Waals surface area contributed by atoms with E-state index in [1.54, 1.807) is 17.4 Å². The van der Waals surface area contributed by atoms with Crippen molar-refractivity contribution < 1.29 is 4.39 Å². The van der Waals surface area contributed by atoms with Crippen LogP contribution < -0.4 is 0 Å². The fourth-order valence-corrected chi connectivity index (χ4v) is 1.65. The smallest absolute Gasteiger partial charge is 0.0968 e. The van der Waals surface area contributed by atoms with Crippen molar-refractivity contribution in [3.8, 4) is 0 Å². The minimum Gasteiger partial charge on any atom is -0.250 e. The quantitative estimate of drug-likeness (QED) is 0.676. The van der Waals surface area contributed by atoms with Crippen LogP contribution in [0.1, 0.15) is 16.8 Å². The van der Waals surface area contributed by atoms with Crippen molar-refractivity contribution in [1.82, 2.24) is 4.98 Å². The zero-order chi connectivity index (χ0) is 9.68. The summed E-state index contributed by atoms with van der Waals surface area (Å²) in [4.78, 5) is 5.33. The molecule has 3 heteroatoms. The normalized spacial score (nSPS) is 12.7. The minimum atomic E-state index is -0.170. The van der Waals surface area contributed by atoms with Crippen molar-refractivity contribution in [2.45, 2.75) is 20.3 Å². The number of hydrogen-bond acceptors (Lipinski definition) is 2. The predicted octanol–water partition coefficient (Wildman–Crippen LogP) is 3.42. The van der Waals surface area contributed by atoms with Gasteiger partial charge in [0.05, 0.1) is 10.8 Å². The molecule has 1 heterocycles. The highest BCUT2D eigenvalue weighted by molar-refractivity contribution is 7.11. The molecule has 0 bridgehead atoms. The molecule has 0 amide bonds. The molecule has 0 spiro atoms. The van der Waals surface area contributed by atoms with Crippen LogP contribution in [0.4, 0.5) is 4.39 Å². The standard InChI is InChI=1S/C10H12FNS/c1-8(11)5-3-4-6-10-7-12-9(2)13-10/h3-5,7H,6H2,1-2H3/b4-3-,8-5+. The van der Waals surface area contributed by atoms with Gasteiger partial charge in [-0.05, 0) is 19.9 Å². The summed E-state index contributed by atoms with van der Waals surface area (Å²) >= 11 is 1.67. The van der Waals surface area contributed by atoms with Crippen molar-refractivity contribution in [2.75, 3.05) is 0 Å². The second-order valence-corrected chi connectivity index (χ2v) is 4.05. The summed E-state index contributed by atoms with van der Waals surface area (Å²) < 4.78 is 12.2. The van der Waals surface area contributed by atoms with Gasteiger partial charge in [-0.1, -0.05) is 12.2 Å². The Morgan fingerprint density at radius 2 is 2.46 bits per heavy atom. The number of hydrogen-bond donors (Lipinski definition) is 0. The maximum atomic E-state index is 12.2. The number of thiazole rings is 1. The van der Waals surface area contributed by atoms with E-state index >= 15 is 0 Å². The molecule has 0 aliphatic carbocycles. The van der Waals surface area contributed by atoms with Crippen LogP contribution in [0, 0.1) is 6.92 Å². The molecule has 0 fully saturated rings. The van der Waals surface area contributed by atoms with Gasteiger partial charge in [-0.25, -0.2) is 9.37 Å². The third-order valence-corrected chi connectivity index (χ3v) is 2.39. The predicted molar refractivity (Wildman–Crippen MR) is 54.6 cm³/mol. The van der Waals surface area contributed by atoms with E-state index < -0.39 is 0 Å². The lowest BCUT2D eigenvalue weighted by molar-refractivity contribution is 0.640. The fourth-order valence-electron chi connectivity index (χ4n) is 0.885. The molecule has 0 radical (unpaired) electrons. The molecule has 0 atom stereocenters. The van der Waals surface area contributed by atoms with Crippen molar-refractivity contribution in [3.05, 3.63) is 40.1 Å². The van der Waals surface area contributed by atoms with Gasteiger partial charge >= 0.3 is 0 Å². The Bertz CT molecular complexity index is 321. The zero-order valence-electron chi connectivity index (χ0n) is 7.75. The third kappa shape index (κ3) is 3.99. The van der Waals surface area contributed by atoms with Gasteiger partial charge < -0.3 is 0 Å². The monoisotopic (exact) mass is 197 g/mol. The van der Waals surface area contributed by atoms with Gasteiger partial charge in [0.15, 0.2) is 0 Å². The molecule has 1 nitrogen and oxygen atoms in total. The minimum absolute atomic E-state index is 0.170. The first-order valence-corrected chi connectivity index (χ1v) is 4.90. The Labute approximate surface area is 81.6 Å². The SMILES string of the molecule is C/C(F)=C\C=C/Cc1cnc(C)s1. The van der Waals surface area contributed by atoms with Crippen LogP contribution in [0.2, 0.25) is 0 Å². The molecule has 0 aliphatic rings. The summed E-state index contributed by atoms with van der Waals surface area (Å²) in [5.41, 5.74) is 0. The van der Waals surface area contributed by atoms with Crippen LogP contribution in [0.3, 0.4) is 0 Å². The number of halogens is 1. The molecule has 1 aromatic rings. The van der Waals surface area contributed by atoms with E-state index in [9.17, 15) is 4.39 Å². The van der Waals surface area contributed by atoms with Crippen LogP contribution >= 0.6 is 11.3 Å². The Kier molecular flexibility index (Phi) is 3.83. The molecule has 1 aromatic heterocycles. The molecule has 0 aliphatic heterocycles. The molecule has 0 unspecified atom stereocenters. The van der Waals surface area contributed by atoms with E-state index in [1.807, 2.05) is 19.2 Å². The first kappa shape index (κ1) is 10.1. The van der Waals surface area contributed by atoms with Gasteiger partial charge in [-0.3, -0.25) is 0 Å². The largest absolute Gasteiger partial charge is 0.250 e. The summed E-state index contributed by atoms with van der Waals surface area (Å²) in [5, 5.41) is 1.07. The van der Waals surface area contributed by atoms with E-state index in [4.69, 9.17) is 0 Å². The number of aryl methyl sites for hydroxylation is 1. The molecule has 0 saturated heterocycles. The van der Waals surface area contributed by atoms with E-state index in [0.29, 0.717) is 0 Å². The highest BCUT2D eigenvalue weighted by Crippen LogP contribution is 2.12. The van der Waals surface area contributed by atoms with Gasteiger partial charge in [0.1, 0.15) is 0 Å². The van der Waals surface area contributed by atoms with Crippen molar-refractivity contribution in [2.24, 2.45) is 0 Å². The summed E-state index contributed by atoms with van der Waals surface area (Å²) in [6.45, 7) is 3.41. The van der Waals surface area contributed by atoms with Crippen molar-refractivity contribution >= 4 is 11.3 Å². The lowest BCUT2D eigenvalue weighted by atomic mass is 10.3. The highest BCUT2D eigenvalue weighted by Gasteiger charge is 1.93. The number of nitrogens with zero attached hydrogens (tertiary/aromatic N) is 1. The molecule has 0 saturated carbocycles. The second kappa shape index (κ2) is 4.92. The lowest BCUT2D eigenvalue weighted by Crippen LogP contribution is -1.70. The van der Waals surface area contributed by atoms with Crippen LogP contribution in [0.5, 0.6) is 0 Å². The highest BCUT2D eigenvalue weighted by atomic mass is 32.1. The zero-order valence-corrected chi connectivity index (χ0v) is 8.57. The average Bonchev–Trinajstić information content (AvgIpc) is 2.45. The first-order chi connectivity index (χ1) is 6.18. The molecule has 0 aromatic carbocycles. The molecular weight excluding hydrogens is 185 g/mol. The van der Waals surface area contributed by atoms with E-state index in [1.165, 1.54) is 17.9 Å². The van der Waals surface area contributed by atoms with Crippen LogP contribution in [0.15, 0.2) is 30.3 Å². The second-order valence-electron chi connectivity index (χ2n) is 2.73. The van der Waals surface area contributed by atoms with Gasteiger partial charge in [-0.2, -0.15) is 0 Å². The number of aromatic nitrogens is 1. The van der Waals surface area contributed by atoms with Gasteiger partial charge in [-0.15, -0.1) is 11.3 Å². The van der Waals surface area contributed by atoms with Gasteiger partial charge in [0.2, 0.25) is 0 Å². The Hall–Kier alpha value is -0.960. The lowest BCUT2D eigenvalue weighted by Gasteiger charge is -1.84. The molecular formula is C10H12FNS. The fraction of sp³-hybridized carbons (Fsp3) is 0.300. The number of rotatable bonds is 3. The van der Waals surface area contributed by atoms with Gasteiger partial charge in [0.25, 0.3) is 0 Å². The summed E-state index contributed by atoms with van der Waals surface area (Å²) in [7, 11) is 0. The topological polar surface area (TPSA) is 12.9 Å².